The highest BCUT2D eigenvalue weighted by Gasteiger charge is 2.48. The van der Waals surface area contributed by atoms with Crippen LogP contribution < -0.4 is 0 Å². The maximum atomic E-state index is 10.7. The first-order valence-corrected chi connectivity index (χ1v) is 4.27. The van der Waals surface area contributed by atoms with Gasteiger partial charge >= 0.3 is 5.97 Å². The van der Waals surface area contributed by atoms with Crippen molar-refractivity contribution in [1.82, 2.24) is 0 Å². The third-order valence-corrected chi connectivity index (χ3v) is 2.96. The highest BCUT2D eigenvalue weighted by molar-refractivity contribution is 5.74. The van der Waals surface area contributed by atoms with Gasteiger partial charge in [0, 0.05) is 0 Å². The molecule has 0 aliphatic heterocycles. The number of carboxylic acids is 1. The third kappa shape index (κ3) is 1.15. The van der Waals surface area contributed by atoms with Gasteiger partial charge in [-0.15, -0.1) is 0 Å². The molecule has 1 saturated carbocycles. The zero-order valence-corrected chi connectivity index (χ0v) is 8.14. The molecule has 1 atom stereocenters. The number of rotatable bonds is 1. The smallest absolute Gasteiger partial charge is 0.307 e. The van der Waals surface area contributed by atoms with Crippen LogP contribution in [0, 0.1) is 11.3 Å². The molecule has 0 aromatic rings. The van der Waals surface area contributed by atoms with E-state index in [1.54, 1.807) is 0 Å². The summed E-state index contributed by atoms with van der Waals surface area (Å²) in [5, 5.41) is 8.85. The molecule has 0 saturated heterocycles. The molecule has 1 N–H and O–H groups in total. The van der Waals surface area contributed by atoms with Crippen molar-refractivity contribution in [3.05, 3.63) is 11.1 Å². The van der Waals surface area contributed by atoms with Crippen LogP contribution in [0.2, 0.25) is 0 Å². The van der Waals surface area contributed by atoms with Gasteiger partial charge in [0.2, 0.25) is 0 Å². The second kappa shape index (κ2) is 2.61. The standard InChI is InChI=1S/C10H16O2/c1-6(2)7-5-8(9(11)12)10(7,3)4/h8H,5H2,1-4H3,(H,11,12)/t8-/m0/s1. The Morgan fingerprint density at radius 2 is 2.00 bits per heavy atom. The Hall–Kier alpha value is -0.790. The van der Waals surface area contributed by atoms with Gasteiger partial charge < -0.3 is 5.11 Å². The van der Waals surface area contributed by atoms with E-state index in [0.717, 1.165) is 6.42 Å². The van der Waals surface area contributed by atoms with Crippen LogP contribution >= 0.6 is 0 Å². The Bertz CT molecular complexity index is 245. The third-order valence-electron chi connectivity index (χ3n) is 2.96. The molecular weight excluding hydrogens is 152 g/mol. The number of carbonyl (C=O) groups is 1. The maximum Gasteiger partial charge on any atom is 0.307 e. The van der Waals surface area contributed by atoms with Crippen LogP contribution in [0.25, 0.3) is 0 Å². The fourth-order valence-corrected chi connectivity index (χ4v) is 2.05. The molecule has 0 aromatic carbocycles. The van der Waals surface area contributed by atoms with Crippen LogP contribution in [0.1, 0.15) is 34.1 Å². The molecule has 0 amide bonds. The molecule has 0 heterocycles. The van der Waals surface area contributed by atoms with Crippen LogP contribution in [-0.2, 0) is 4.79 Å². The van der Waals surface area contributed by atoms with Crippen molar-refractivity contribution in [1.29, 1.82) is 0 Å². The number of hydrogen-bond donors (Lipinski definition) is 1. The topological polar surface area (TPSA) is 37.3 Å². The number of hydrogen-bond acceptors (Lipinski definition) is 1. The molecule has 1 rings (SSSR count). The molecule has 1 aliphatic carbocycles. The highest BCUT2D eigenvalue weighted by atomic mass is 16.4. The monoisotopic (exact) mass is 168 g/mol. The fraction of sp³-hybridized carbons (Fsp3) is 0.700. The van der Waals surface area contributed by atoms with Crippen molar-refractivity contribution in [2.24, 2.45) is 11.3 Å². The molecule has 0 bridgehead atoms. The summed E-state index contributed by atoms with van der Waals surface area (Å²) in [5.41, 5.74) is 2.47. The van der Waals surface area contributed by atoms with Gasteiger partial charge in [-0.25, -0.2) is 0 Å². The van der Waals surface area contributed by atoms with E-state index in [-0.39, 0.29) is 11.3 Å². The SMILES string of the molecule is CC(C)=C1C[C@@H](C(=O)O)C1(C)C. The summed E-state index contributed by atoms with van der Waals surface area (Å²) < 4.78 is 0. The van der Waals surface area contributed by atoms with E-state index >= 15 is 0 Å². The van der Waals surface area contributed by atoms with Crippen LogP contribution in [0.15, 0.2) is 11.1 Å². The average Bonchev–Trinajstić information content (AvgIpc) is 1.83. The number of carboxylic acid groups (broad SMARTS) is 1. The minimum atomic E-state index is -0.662. The molecule has 2 nitrogen and oxygen atoms in total. The van der Waals surface area contributed by atoms with Crippen LogP contribution in [0.3, 0.4) is 0 Å². The molecule has 2 heteroatoms. The molecule has 0 aromatic heterocycles. The second-order valence-corrected chi connectivity index (χ2v) is 4.30. The van der Waals surface area contributed by atoms with Gasteiger partial charge in [0.1, 0.15) is 0 Å². The van der Waals surface area contributed by atoms with Crippen molar-refractivity contribution < 1.29 is 9.90 Å². The first-order chi connectivity index (χ1) is 5.37. The summed E-state index contributed by atoms with van der Waals surface area (Å²) in [4.78, 5) is 10.7. The van der Waals surface area contributed by atoms with Crippen molar-refractivity contribution in [3.63, 3.8) is 0 Å². The summed E-state index contributed by atoms with van der Waals surface area (Å²) >= 11 is 0. The predicted octanol–water partition coefficient (Wildman–Crippen LogP) is 2.45. The molecule has 1 aliphatic rings. The maximum absolute atomic E-state index is 10.7. The minimum Gasteiger partial charge on any atom is -0.481 e. The Labute approximate surface area is 73.3 Å². The Morgan fingerprint density at radius 3 is 2.25 bits per heavy atom. The first kappa shape index (κ1) is 9.30. The van der Waals surface area contributed by atoms with Crippen molar-refractivity contribution in [3.8, 4) is 0 Å². The van der Waals surface area contributed by atoms with Crippen LogP contribution in [-0.4, -0.2) is 11.1 Å². The summed E-state index contributed by atoms with van der Waals surface area (Å²) in [6, 6.07) is 0. The molecule has 1 fully saturated rings. The van der Waals surface area contributed by atoms with E-state index in [2.05, 4.69) is 13.8 Å². The van der Waals surface area contributed by atoms with Gasteiger partial charge in [0.25, 0.3) is 0 Å². The zero-order chi connectivity index (χ0) is 9.52. The molecule has 12 heavy (non-hydrogen) atoms. The summed E-state index contributed by atoms with van der Waals surface area (Å²) in [5.74, 6) is -0.840. The molecule has 0 radical (unpaired) electrons. The minimum absolute atomic E-state index is 0.120. The van der Waals surface area contributed by atoms with Crippen molar-refractivity contribution in [2.75, 3.05) is 0 Å². The van der Waals surface area contributed by atoms with Crippen LogP contribution in [0.4, 0.5) is 0 Å². The van der Waals surface area contributed by atoms with Gasteiger partial charge in [-0.1, -0.05) is 25.0 Å². The Balaban J connectivity index is 2.87. The van der Waals surface area contributed by atoms with Crippen molar-refractivity contribution in [2.45, 2.75) is 34.1 Å². The number of aliphatic carboxylic acids is 1. The van der Waals surface area contributed by atoms with E-state index in [9.17, 15) is 4.79 Å². The second-order valence-electron chi connectivity index (χ2n) is 4.30. The zero-order valence-electron chi connectivity index (χ0n) is 8.14. The predicted molar refractivity (Wildman–Crippen MR) is 47.9 cm³/mol. The lowest BCUT2D eigenvalue weighted by molar-refractivity contribution is -0.148. The normalized spacial score (nSPS) is 26.3. The molecule has 0 unspecified atom stereocenters. The Kier molecular flexibility index (Phi) is 2.02. The lowest BCUT2D eigenvalue weighted by Crippen LogP contribution is -2.43. The van der Waals surface area contributed by atoms with Gasteiger partial charge in [-0.05, 0) is 25.7 Å². The lowest BCUT2D eigenvalue weighted by atomic mass is 9.57. The lowest BCUT2D eigenvalue weighted by Gasteiger charge is -2.46. The first-order valence-electron chi connectivity index (χ1n) is 4.27. The molecular formula is C10H16O2. The van der Waals surface area contributed by atoms with E-state index in [0.29, 0.717) is 0 Å². The largest absolute Gasteiger partial charge is 0.481 e. The van der Waals surface area contributed by atoms with E-state index in [1.165, 1.54) is 11.1 Å². The summed E-state index contributed by atoms with van der Waals surface area (Å²) in [6.45, 7) is 8.12. The van der Waals surface area contributed by atoms with Gasteiger partial charge in [0.05, 0.1) is 5.92 Å². The summed E-state index contributed by atoms with van der Waals surface area (Å²) in [7, 11) is 0. The molecule has 0 spiro atoms. The van der Waals surface area contributed by atoms with Gasteiger partial charge in [-0.3, -0.25) is 4.79 Å². The number of allylic oxidation sites excluding steroid dienone is 2. The Morgan fingerprint density at radius 1 is 1.50 bits per heavy atom. The average molecular weight is 168 g/mol. The quantitative estimate of drug-likeness (QED) is 0.610. The molecule has 68 valence electrons. The van der Waals surface area contributed by atoms with E-state index in [1.807, 2.05) is 13.8 Å². The van der Waals surface area contributed by atoms with Crippen LogP contribution in [0.5, 0.6) is 0 Å². The van der Waals surface area contributed by atoms with E-state index in [4.69, 9.17) is 5.11 Å². The van der Waals surface area contributed by atoms with Crippen molar-refractivity contribution >= 4 is 5.97 Å². The van der Waals surface area contributed by atoms with Gasteiger partial charge in [0.15, 0.2) is 0 Å². The van der Waals surface area contributed by atoms with Gasteiger partial charge in [-0.2, -0.15) is 0 Å². The van der Waals surface area contributed by atoms with E-state index < -0.39 is 5.97 Å². The highest BCUT2D eigenvalue weighted by Crippen LogP contribution is 2.52. The summed E-state index contributed by atoms with van der Waals surface area (Å²) in [6.07, 6.45) is 0.741. The fourth-order valence-electron chi connectivity index (χ4n) is 2.05.